The molecule has 1 fully saturated rings. The summed E-state index contributed by atoms with van der Waals surface area (Å²) in [6.07, 6.45) is 6.61. The summed E-state index contributed by atoms with van der Waals surface area (Å²) in [5.74, 6) is 0. The van der Waals surface area contributed by atoms with Crippen molar-refractivity contribution < 1.29 is 4.74 Å². The molecule has 0 amide bonds. The molecule has 3 rings (SSSR count). The molecule has 29 heavy (non-hydrogen) atoms. The van der Waals surface area contributed by atoms with Crippen LogP contribution in [-0.2, 0) is 17.7 Å². The molecule has 2 N–H and O–H groups in total. The van der Waals surface area contributed by atoms with E-state index in [1.54, 1.807) is 0 Å². The maximum atomic E-state index is 12.7. The molecule has 1 aliphatic rings. The van der Waals surface area contributed by atoms with Crippen LogP contribution >= 0.6 is 12.2 Å². The molecule has 0 saturated heterocycles. The number of nitrogens with one attached hydrogen (secondary N) is 2. The summed E-state index contributed by atoms with van der Waals surface area (Å²) in [6.45, 7) is 6.96. The standard InChI is InChI=1S/C23H33N3O2S/c1-3-17-10-11-21-18(14-17)15-19(22(27)25-21)16-26(20-8-5-6-9-20)23(29)24-12-7-13-28-4-2/h10-11,14-15,20H,3-9,12-13,16H2,1-2H3,(H,24,29)(H,25,27). The maximum Gasteiger partial charge on any atom is 0.253 e. The Morgan fingerprint density at radius 1 is 1.28 bits per heavy atom. The van der Waals surface area contributed by atoms with Gasteiger partial charge >= 0.3 is 0 Å². The van der Waals surface area contributed by atoms with Crippen LogP contribution < -0.4 is 10.9 Å². The van der Waals surface area contributed by atoms with Gasteiger partial charge in [-0.2, -0.15) is 0 Å². The Hall–Kier alpha value is -1.92. The van der Waals surface area contributed by atoms with Crippen molar-refractivity contribution in [3.8, 4) is 0 Å². The lowest BCUT2D eigenvalue weighted by Crippen LogP contribution is -2.45. The minimum Gasteiger partial charge on any atom is -0.382 e. The van der Waals surface area contributed by atoms with E-state index in [9.17, 15) is 4.79 Å². The Balaban J connectivity index is 1.77. The van der Waals surface area contributed by atoms with Crippen molar-refractivity contribution in [1.29, 1.82) is 0 Å². The monoisotopic (exact) mass is 415 g/mol. The lowest BCUT2D eigenvalue weighted by Gasteiger charge is -2.31. The summed E-state index contributed by atoms with van der Waals surface area (Å²) in [7, 11) is 0. The number of ether oxygens (including phenoxy) is 1. The molecule has 1 aromatic carbocycles. The number of benzene rings is 1. The van der Waals surface area contributed by atoms with Gasteiger partial charge in [-0.1, -0.05) is 25.8 Å². The number of thiocarbonyl (C=S) groups is 1. The zero-order valence-electron chi connectivity index (χ0n) is 17.6. The summed E-state index contributed by atoms with van der Waals surface area (Å²) >= 11 is 5.73. The summed E-state index contributed by atoms with van der Waals surface area (Å²) in [6, 6.07) is 8.67. The largest absolute Gasteiger partial charge is 0.382 e. The van der Waals surface area contributed by atoms with E-state index in [0.29, 0.717) is 12.6 Å². The molecule has 1 aliphatic carbocycles. The first kappa shape index (κ1) is 21.8. The number of nitrogens with zero attached hydrogens (tertiary/aromatic N) is 1. The highest BCUT2D eigenvalue weighted by Gasteiger charge is 2.25. The maximum absolute atomic E-state index is 12.7. The molecule has 5 nitrogen and oxygen atoms in total. The zero-order valence-corrected chi connectivity index (χ0v) is 18.4. The number of aromatic nitrogens is 1. The van der Waals surface area contributed by atoms with Gasteiger partial charge in [0.05, 0.1) is 6.54 Å². The van der Waals surface area contributed by atoms with Gasteiger partial charge in [-0.3, -0.25) is 4.79 Å². The van der Waals surface area contributed by atoms with E-state index in [1.807, 2.05) is 19.1 Å². The van der Waals surface area contributed by atoms with Crippen molar-refractivity contribution in [2.24, 2.45) is 0 Å². The van der Waals surface area contributed by atoms with Crippen LogP contribution in [0, 0.1) is 0 Å². The fourth-order valence-corrected chi connectivity index (χ4v) is 4.34. The second-order valence-corrected chi connectivity index (χ2v) is 8.13. The zero-order chi connectivity index (χ0) is 20.6. The Morgan fingerprint density at radius 2 is 2.07 bits per heavy atom. The van der Waals surface area contributed by atoms with E-state index >= 15 is 0 Å². The van der Waals surface area contributed by atoms with Crippen LogP contribution in [0.25, 0.3) is 10.9 Å². The van der Waals surface area contributed by atoms with E-state index in [1.165, 1.54) is 18.4 Å². The first-order chi connectivity index (χ1) is 14.1. The average Bonchev–Trinajstić information content (AvgIpc) is 3.26. The Labute approximate surface area is 178 Å². The van der Waals surface area contributed by atoms with Gasteiger partial charge in [0, 0.05) is 36.9 Å². The molecule has 0 aliphatic heterocycles. The van der Waals surface area contributed by atoms with Crippen LogP contribution in [-0.4, -0.2) is 40.8 Å². The minimum absolute atomic E-state index is 0.0242. The highest BCUT2D eigenvalue weighted by atomic mass is 32.1. The molecular weight excluding hydrogens is 382 g/mol. The summed E-state index contributed by atoms with van der Waals surface area (Å²) in [5, 5.41) is 5.21. The van der Waals surface area contributed by atoms with Crippen LogP contribution in [0.1, 0.15) is 57.1 Å². The first-order valence-electron chi connectivity index (χ1n) is 10.9. The number of hydrogen-bond acceptors (Lipinski definition) is 3. The number of pyridine rings is 1. The third kappa shape index (κ3) is 5.80. The van der Waals surface area contributed by atoms with Gasteiger partial charge in [0.1, 0.15) is 0 Å². The fourth-order valence-electron chi connectivity index (χ4n) is 4.02. The van der Waals surface area contributed by atoms with Gasteiger partial charge in [0.15, 0.2) is 5.11 Å². The quantitative estimate of drug-likeness (QED) is 0.476. The molecule has 6 heteroatoms. The van der Waals surface area contributed by atoms with Gasteiger partial charge in [0.25, 0.3) is 5.56 Å². The number of aryl methyl sites for hydroxylation is 1. The summed E-state index contributed by atoms with van der Waals surface area (Å²) in [4.78, 5) is 18.0. The van der Waals surface area contributed by atoms with Crippen molar-refractivity contribution in [2.75, 3.05) is 19.8 Å². The van der Waals surface area contributed by atoms with E-state index in [2.05, 4.69) is 34.3 Å². The topological polar surface area (TPSA) is 57.4 Å². The molecule has 0 atom stereocenters. The SMILES string of the molecule is CCOCCCNC(=S)N(Cc1cc2cc(CC)ccc2[nH]c1=O)C1CCCC1. The normalized spacial score (nSPS) is 14.4. The molecule has 0 radical (unpaired) electrons. The highest BCUT2D eigenvalue weighted by Crippen LogP contribution is 2.25. The average molecular weight is 416 g/mol. The summed E-state index contributed by atoms with van der Waals surface area (Å²) < 4.78 is 5.40. The Kier molecular flexibility index (Phi) is 8.07. The second kappa shape index (κ2) is 10.7. The van der Waals surface area contributed by atoms with Crippen LogP contribution in [0.4, 0.5) is 0 Å². The smallest absolute Gasteiger partial charge is 0.253 e. The molecular formula is C23H33N3O2S. The summed E-state index contributed by atoms with van der Waals surface area (Å²) in [5.41, 5.74) is 2.91. The molecule has 1 saturated carbocycles. The molecule has 1 aromatic heterocycles. The molecule has 2 aromatic rings. The predicted octanol–water partition coefficient (Wildman–Crippen LogP) is 4.14. The third-order valence-electron chi connectivity index (χ3n) is 5.71. The first-order valence-corrected chi connectivity index (χ1v) is 11.3. The van der Waals surface area contributed by atoms with E-state index in [0.717, 1.165) is 67.0 Å². The van der Waals surface area contributed by atoms with E-state index < -0.39 is 0 Å². The highest BCUT2D eigenvalue weighted by molar-refractivity contribution is 7.80. The lowest BCUT2D eigenvalue weighted by molar-refractivity contribution is 0.145. The van der Waals surface area contributed by atoms with Crippen molar-refractivity contribution in [1.82, 2.24) is 15.2 Å². The second-order valence-electron chi connectivity index (χ2n) is 7.75. The van der Waals surface area contributed by atoms with Crippen LogP contribution in [0.2, 0.25) is 0 Å². The van der Waals surface area contributed by atoms with E-state index in [-0.39, 0.29) is 5.56 Å². The van der Waals surface area contributed by atoms with Gasteiger partial charge in [-0.05, 0) is 74.0 Å². The van der Waals surface area contributed by atoms with Gasteiger partial charge in [0.2, 0.25) is 0 Å². The molecule has 0 spiro atoms. The van der Waals surface area contributed by atoms with Gasteiger partial charge in [-0.15, -0.1) is 0 Å². The van der Waals surface area contributed by atoms with Crippen molar-refractivity contribution in [2.45, 2.75) is 65.0 Å². The Bertz CT molecular complexity index is 874. The van der Waals surface area contributed by atoms with Crippen LogP contribution in [0.15, 0.2) is 29.1 Å². The molecule has 0 bridgehead atoms. The predicted molar refractivity (Wildman–Crippen MR) is 123 cm³/mol. The lowest BCUT2D eigenvalue weighted by atomic mass is 10.1. The van der Waals surface area contributed by atoms with Crippen molar-refractivity contribution in [3.63, 3.8) is 0 Å². The van der Waals surface area contributed by atoms with Gasteiger partial charge < -0.3 is 19.9 Å². The molecule has 158 valence electrons. The third-order valence-corrected chi connectivity index (χ3v) is 6.09. The fraction of sp³-hybridized carbons (Fsp3) is 0.565. The van der Waals surface area contributed by atoms with E-state index in [4.69, 9.17) is 17.0 Å². The van der Waals surface area contributed by atoms with Gasteiger partial charge in [-0.25, -0.2) is 0 Å². The number of fused-ring (bicyclic) bond motifs is 1. The number of aromatic amines is 1. The Morgan fingerprint density at radius 3 is 2.79 bits per heavy atom. The van der Waals surface area contributed by atoms with Crippen molar-refractivity contribution in [3.05, 3.63) is 45.7 Å². The van der Waals surface area contributed by atoms with Crippen molar-refractivity contribution >= 4 is 28.2 Å². The number of H-pyrrole nitrogens is 1. The number of hydrogen-bond donors (Lipinski definition) is 2. The number of rotatable bonds is 9. The van der Waals surface area contributed by atoms with Crippen LogP contribution in [0.3, 0.4) is 0 Å². The van der Waals surface area contributed by atoms with Crippen LogP contribution in [0.5, 0.6) is 0 Å². The minimum atomic E-state index is -0.0242. The molecule has 1 heterocycles. The molecule has 0 unspecified atom stereocenters.